The number of hydrogen-bond donors (Lipinski definition) is 1. The lowest BCUT2D eigenvalue weighted by molar-refractivity contribution is 0.127. The van der Waals surface area contributed by atoms with Crippen LogP contribution < -0.4 is 0 Å². The molecular weight excluding hydrogens is 156 g/mol. The van der Waals surface area contributed by atoms with Gasteiger partial charge in [0, 0.05) is 26.2 Å². The molecule has 0 aromatic rings. The first-order valence-corrected chi connectivity index (χ1v) is 3.42. The molecule has 0 saturated carbocycles. The van der Waals surface area contributed by atoms with Crippen molar-refractivity contribution in [3.63, 3.8) is 0 Å². The Kier molecular flexibility index (Phi) is 2.34. The Balaban J connectivity index is 2.33. The molecule has 0 radical (unpaired) electrons. The first-order chi connectivity index (χ1) is 4.70. The van der Waals surface area contributed by atoms with Gasteiger partial charge in [-0.2, -0.15) is 0 Å². The van der Waals surface area contributed by atoms with E-state index in [1.165, 1.54) is 4.90 Å². The molecule has 1 rings (SSSR count). The van der Waals surface area contributed by atoms with Crippen LogP contribution in [0.5, 0.6) is 0 Å². The third-order valence-electron chi connectivity index (χ3n) is 1.50. The number of carboxylic acid groups (broad SMARTS) is 1. The van der Waals surface area contributed by atoms with Crippen LogP contribution in [0.15, 0.2) is 0 Å². The summed E-state index contributed by atoms with van der Waals surface area (Å²) in [5.41, 5.74) is 0. The summed E-state index contributed by atoms with van der Waals surface area (Å²) in [5.74, 6) is 0. The fourth-order valence-corrected chi connectivity index (χ4v) is 1.02. The first-order valence-electron chi connectivity index (χ1n) is 3.09. The highest BCUT2D eigenvalue weighted by Gasteiger charge is 2.18. The Morgan fingerprint density at radius 3 is 2.20 bits per heavy atom. The van der Waals surface area contributed by atoms with E-state index in [-0.39, 0.29) is 0 Å². The van der Waals surface area contributed by atoms with Gasteiger partial charge in [0.1, 0.15) is 0 Å². The molecule has 10 heavy (non-hydrogen) atoms. The maximum Gasteiger partial charge on any atom is 0.407 e. The second-order valence-electron chi connectivity index (χ2n) is 2.18. The van der Waals surface area contributed by atoms with Gasteiger partial charge < -0.3 is 10.0 Å². The normalized spacial score (nSPS) is 21.1. The number of carbonyl (C=O) groups is 1. The maximum atomic E-state index is 10.3. The molecule has 1 saturated heterocycles. The van der Waals surface area contributed by atoms with Gasteiger partial charge >= 0.3 is 6.09 Å². The van der Waals surface area contributed by atoms with Crippen molar-refractivity contribution in [3.05, 3.63) is 0 Å². The van der Waals surface area contributed by atoms with E-state index >= 15 is 0 Å². The molecule has 0 spiro atoms. The van der Waals surface area contributed by atoms with Crippen LogP contribution in [0.2, 0.25) is 0 Å². The average molecular weight is 165 g/mol. The third kappa shape index (κ3) is 1.75. The second kappa shape index (κ2) is 3.07. The average Bonchev–Trinajstić information content (AvgIpc) is 1.88. The zero-order valence-electron chi connectivity index (χ0n) is 5.46. The van der Waals surface area contributed by atoms with Crippen LogP contribution in [0.25, 0.3) is 0 Å². The van der Waals surface area contributed by atoms with Gasteiger partial charge in [-0.3, -0.25) is 0 Å². The van der Waals surface area contributed by atoms with Crippen LogP contribution in [0.4, 0.5) is 4.79 Å². The number of hydrogen-bond acceptors (Lipinski definition) is 2. The van der Waals surface area contributed by atoms with Crippen molar-refractivity contribution in [3.8, 4) is 0 Å². The number of piperazine rings is 1. The summed E-state index contributed by atoms with van der Waals surface area (Å²) in [7, 11) is 0. The largest absolute Gasteiger partial charge is 0.465 e. The number of nitrogens with zero attached hydrogens (tertiary/aromatic N) is 2. The minimum absolute atomic E-state index is 0.513. The van der Waals surface area contributed by atoms with Crippen LogP contribution in [-0.2, 0) is 0 Å². The molecule has 0 atom stereocenters. The van der Waals surface area contributed by atoms with Gasteiger partial charge in [0.05, 0.1) is 0 Å². The van der Waals surface area contributed by atoms with Crippen molar-refractivity contribution >= 4 is 17.9 Å². The highest BCUT2D eigenvalue weighted by atomic mass is 35.5. The molecule has 0 unspecified atom stereocenters. The lowest BCUT2D eigenvalue weighted by Crippen LogP contribution is -2.44. The van der Waals surface area contributed by atoms with Crippen molar-refractivity contribution in [1.82, 2.24) is 9.32 Å². The van der Waals surface area contributed by atoms with Crippen LogP contribution in [0.1, 0.15) is 0 Å². The SMILES string of the molecule is O=C(O)N1CCN(Cl)CC1. The quantitative estimate of drug-likeness (QED) is 0.529. The first kappa shape index (κ1) is 7.63. The van der Waals surface area contributed by atoms with E-state index in [1.807, 2.05) is 0 Å². The van der Waals surface area contributed by atoms with E-state index in [2.05, 4.69) is 0 Å². The fourth-order valence-electron chi connectivity index (χ4n) is 0.873. The van der Waals surface area contributed by atoms with E-state index in [9.17, 15) is 4.79 Å². The lowest BCUT2D eigenvalue weighted by Gasteiger charge is -2.28. The summed E-state index contributed by atoms with van der Waals surface area (Å²) >= 11 is 5.60. The van der Waals surface area contributed by atoms with E-state index in [0.717, 1.165) is 0 Å². The molecule has 1 heterocycles. The molecule has 5 heteroatoms. The Hall–Kier alpha value is -0.480. The summed E-state index contributed by atoms with van der Waals surface area (Å²) in [4.78, 5) is 11.7. The second-order valence-corrected chi connectivity index (χ2v) is 2.66. The number of amides is 1. The van der Waals surface area contributed by atoms with Crippen LogP contribution in [-0.4, -0.2) is 46.7 Å². The standard InChI is InChI=1S/C5H9ClN2O2/c6-8-3-1-7(2-4-8)5(9)10/h1-4H2,(H,9,10). The molecule has 0 aromatic heterocycles. The van der Waals surface area contributed by atoms with Gasteiger partial charge in [0.25, 0.3) is 0 Å². The fraction of sp³-hybridized carbons (Fsp3) is 0.800. The van der Waals surface area contributed by atoms with Gasteiger partial charge in [0.15, 0.2) is 0 Å². The Bertz CT molecular complexity index is 134. The van der Waals surface area contributed by atoms with Crippen LogP contribution in [0, 0.1) is 0 Å². The third-order valence-corrected chi connectivity index (χ3v) is 1.83. The van der Waals surface area contributed by atoms with Gasteiger partial charge in [0.2, 0.25) is 0 Å². The molecule has 0 bridgehead atoms. The zero-order chi connectivity index (χ0) is 7.56. The van der Waals surface area contributed by atoms with Crippen LogP contribution in [0.3, 0.4) is 0 Å². The molecular formula is C5H9ClN2O2. The predicted octanol–water partition coefficient (Wildman–Crippen LogP) is 0.436. The number of rotatable bonds is 0. The van der Waals surface area contributed by atoms with Crippen molar-refractivity contribution in [1.29, 1.82) is 0 Å². The van der Waals surface area contributed by atoms with Crippen molar-refractivity contribution < 1.29 is 9.90 Å². The highest BCUT2D eigenvalue weighted by Crippen LogP contribution is 2.03. The molecule has 1 aliphatic rings. The minimum Gasteiger partial charge on any atom is -0.465 e. The summed E-state index contributed by atoms with van der Waals surface area (Å²) in [6, 6.07) is 0. The molecule has 1 fully saturated rings. The van der Waals surface area contributed by atoms with E-state index in [0.29, 0.717) is 26.2 Å². The number of halogens is 1. The summed E-state index contributed by atoms with van der Waals surface area (Å²) in [6.45, 7) is 2.26. The van der Waals surface area contributed by atoms with Gasteiger partial charge in [-0.1, -0.05) is 0 Å². The molecule has 4 nitrogen and oxygen atoms in total. The van der Waals surface area contributed by atoms with E-state index in [1.54, 1.807) is 4.42 Å². The highest BCUT2D eigenvalue weighted by molar-refractivity contribution is 6.13. The molecule has 0 aliphatic carbocycles. The zero-order valence-corrected chi connectivity index (χ0v) is 6.21. The maximum absolute atomic E-state index is 10.3. The molecule has 58 valence electrons. The molecule has 1 N–H and O–H groups in total. The van der Waals surface area contributed by atoms with Gasteiger partial charge in [-0.05, 0) is 11.8 Å². The predicted molar refractivity (Wildman–Crippen MR) is 37.0 cm³/mol. The van der Waals surface area contributed by atoms with Crippen molar-refractivity contribution in [2.75, 3.05) is 26.2 Å². The summed E-state index contributed by atoms with van der Waals surface area (Å²) in [6.07, 6.45) is -0.857. The van der Waals surface area contributed by atoms with Crippen molar-refractivity contribution in [2.45, 2.75) is 0 Å². The van der Waals surface area contributed by atoms with E-state index in [4.69, 9.17) is 16.9 Å². The lowest BCUT2D eigenvalue weighted by atomic mass is 10.4. The van der Waals surface area contributed by atoms with Gasteiger partial charge in [-0.25, -0.2) is 9.21 Å². The molecule has 1 amide bonds. The summed E-state index contributed by atoms with van der Waals surface area (Å²) in [5, 5.41) is 8.49. The Labute approximate surface area is 64.1 Å². The topological polar surface area (TPSA) is 43.8 Å². The van der Waals surface area contributed by atoms with Crippen molar-refractivity contribution in [2.24, 2.45) is 0 Å². The van der Waals surface area contributed by atoms with Gasteiger partial charge in [-0.15, -0.1) is 0 Å². The Morgan fingerprint density at radius 2 is 1.80 bits per heavy atom. The summed E-state index contributed by atoms with van der Waals surface area (Å²) < 4.78 is 1.60. The van der Waals surface area contributed by atoms with E-state index < -0.39 is 6.09 Å². The van der Waals surface area contributed by atoms with Crippen LogP contribution >= 0.6 is 11.8 Å². The molecule has 0 aromatic carbocycles. The minimum atomic E-state index is -0.857. The molecule has 1 aliphatic heterocycles. The monoisotopic (exact) mass is 164 g/mol. The smallest absolute Gasteiger partial charge is 0.407 e. The Morgan fingerprint density at radius 1 is 1.30 bits per heavy atom.